The van der Waals surface area contributed by atoms with Gasteiger partial charge in [-0.05, 0) is 19.4 Å². The lowest BCUT2D eigenvalue weighted by atomic mass is 10.2. The Morgan fingerprint density at radius 1 is 1.33 bits per heavy atom. The van der Waals surface area contributed by atoms with Crippen molar-refractivity contribution < 1.29 is 18.7 Å². The minimum atomic E-state index is -0.233. The van der Waals surface area contributed by atoms with Crippen molar-refractivity contribution in [2.45, 2.75) is 19.4 Å². The van der Waals surface area contributed by atoms with Gasteiger partial charge in [0.2, 0.25) is 5.91 Å². The molecule has 1 atom stereocenters. The fourth-order valence-electron chi connectivity index (χ4n) is 3.16. The second-order valence-electron chi connectivity index (χ2n) is 5.97. The quantitative estimate of drug-likeness (QED) is 0.838. The molecule has 0 bridgehead atoms. The number of hydrogen-bond acceptors (Lipinski definition) is 5. The largest absolute Gasteiger partial charge is 0.459 e. The molecule has 0 aliphatic carbocycles. The van der Waals surface area contributed by atoms with E-state index < -0.39 is 0 Å². The molecule has 134 valence electrons. The second-order valence-corrected chi connectivity index (χ2v) is 5.97. The molecule has 0 saturated carbocycles. The molecule has 1 N–H and O–H groups in total. The van der Waals surface area contributed by atoms with Crippen LogP contribution in [0.3, 0.4) is 0 Å². The van der Waals surface area contributed by atoms with Crippen LogP contribution in [0.5, 0.6) is 0 Å². The molecule has 2 aliphatic rings. The van der Waals surface area contributed by atoms with E-state index in [0.29, 0.717) is 32.1 Å². The Hall–Kier alpha value is -1.57. The highest BCUT2D eigenvalue weighted by molar-refractivity contribution is 5.92. The van der Waals surface area contributed by atoms with Crippen molar-refractivity contribution in [1.82, 2.24) is 15.1 Å². The van der Waals surface area contributed by atoms with Crippen molar-refractivity contribution in [2.24, 2.45) is 0 Å². The number of amides is 2. The van der Waals surface area contributed by atoms with Crippen LogP contribution in [0.4, 0.5) is 0 Å². The maximum Gasteiger partial charge on any atom is 0.287 e. The van der Waals surface area contributed by atoms with E-state index in [1.807, 2.05) is 11.8 Å². The van der Waals surface area contributed by atoms with Gasteiger partial charge in [-0.3, -0.25) is 14.5 Å². The zero-order valence-electron chi connectivity index (χ0n) is 13.8. The summed E-state index contributed by atoms with van der Waals surface area (Å²) in [6.45, 7) is 6.57. The number of nitrogens with one attached hydrogen (secondary N) is 1. The summed E-state index contributed by atoms with van der Waals surface area (Å²) < 4.78 is 10.5. The smallest absolute Gasteiger partial charge is 0.287 e. The van der Waals surface area contributed by atoms with Gasteiger partial charge in [0, 0.05) is 38.3 Å². The number of carbonyl (C=O) groups excluding carboxylic acids is 2. The lowest BCUT2D eigenvalue weighted by molar-refractivity contribution is -0.133. The number of likely N-dealkylation sites (tertiary alicyclic amines) is 1. The van der Waals surface area contributed by atoms with Crippen molar-refractivity contribution >= 4 is 24.2 Å². The predicted octanol–water partition coefficient (Wildman–Crippen LogP) is 0.673. The van der Waals surface area contributed by atoms with E-state index >= 15 is 0 Å². The summed E-state index contributed by atoms with van der Waals surface area (Å²) in [6, 6.07) is 1.73. The molecule has 1 aromatic rings. The Morgan fingerprint density at radius 3 is 2.75 bits per heavy atom. The number of halogens is 1. The molecule has 1 aromatic heterocycles. The number of ether oxygens (including phenoxy) is 1. The molecule has 3 heterocycles. The van der Waals surface area contributed by atoms with E-state index in [4.69, 9.17) is 9.15 Å². The SMILES string of the molecule is Cc1ccoc1C(=O)NCCN1CCC(N2CCOCC2)C1=O.Cl. The Balaban J connectivity index is 0.00000208. The first-order valence-electron chi connectivity index (χ1n) is 8.09. The van der Waals surface area contributed by atoms with Gasteiger partial charge in [-0.1, -0.05) is 0 Å². The molecule has 0 aromatic carbocycles. The first-order chi connectivity index (χ1) is 11.2. The van der Waals surface area contributed by atoms with Crippen LogP contribution in [0.2, 0.25) is 0 Å². The van der Waals surface area contributed by atoms with Crippen molar-refractivity contribution in [3.05, 3.63) is 23.7 Å². The first kappa shape index (κ1) is 18.8. The third-order valence-corrected chi connectivity index (χ3v) is 4.49. The highest BCUT2D eigenvalue weighted by Crippen LogP contribution is 2.18. The number of morpholine rings is 1. The van der Waals surface area contributed by atoms with Gasteiger partial charge in [-0.25, -0.2) is 0 Å². The molecule has 0 radical (unpaired) electrons. The fourth-order valence-corrected chi connectivity index (χ4v) is 3.16. The molecule has 2 amide bonds. The van der Waals surface area contributed by atoms with Gasteiger partial charge in [-0.15, -0.1) is 12.4 Å². The third-order valence-electron chi connectivity index (χ3n) is 4.49. The highest BCUT2D eigenvalue weighted by Gasteiger charge is 2.36. The molecule has 8 heteroatoms. The van der Waals surface area contributed by atoms with Crippen LogP contribution >= 0.6 is 12.4 Å². The number of hydrogen-bond donors (Lipinski definition) is 1. The van der Waals surface area contributed by atoms with Gasteiger partial charge in [0.1, 0.15) is 0 Å². The summed E-state index contributed by atoms with van der Waals surface area (Å²) in [7, 11) is 0. The van der Waals surface area contributed by atoms with Gasteiger partial charge in [0.05, 0.1) is 25.5 Å². The second kappa shape index (κ2) is 8.50. The van der Waals surface area contributed by atoms with E-state index in [0.717, 1.165) is 31.6 Å². The zero-order valence-corrected chi connectivity index (χ0v) is 14.6. The Morgan fingerprint density at radius 2 is 2.08 bits per heavy atom. The van der Waals surface area contributed by atoms with Gasteiger partial charge in [0.15, 0.2) is 5.76 Å². The lowest BCUT2D eigenvalue weighted by Crippen LogP contribution is -2.48. The Labute approximate surface area is 147 Å². The van der Waals surface area contributed by atoms with E-state index in [2.05, 4.69) is 10.2 Å². The molecule has 2 aliphatic heterocycles. The summed E-state index contributed by atoms with van der Waals surface area (Å²) in [5, 5.41) is 2.81. The van der Waals surface area contributed by atoms with E-state index in [1.54, 1.807) is 6.07 Å². The Kier molecular flexibility index (Phi) is 6.65. The number of nitrogens with zero attached hydrogens (tertiary/aromatic N) is 2. The standard InChI is InChI=1S/C16H23N3O4.ClH/c1-12-3-9-23-14(12)15(20)17-4-6-19-5-2-13(16(19)21)18-7-10-22-11-8-18;/h3,9,13H,2,4-8,10-11H2,1H3,(H,17,20);1H. The molecular formula is C16H24ClN3O4. The topological polar surface area (TPSA) is 75.0 Å². The van der Waals surface area contributed by atoms with Crippen LogP contribution in [0.25, 0.3) is 0 Å². The minimum Gasteiger partial charge on any atom is -0.459 e. The molecule has 3 rings (SSSR count). The van der Waals surface area contributed by atoms with Crippen molar-refractivity contribution in [1.29, 1.82) is 0 Å². The van der Waals surface area contributed by atoms with Crippen molar-refractivity contribution in [3.63, 3.8) is 0 Å². The van der Waals surface area contributed by atoms with Gasteiger partial charge in [0.25, 0.3) is 5.91 Å². The average Bonchev–Trinajstić information content (AvgIpc) is 3.15. The molecule has 2 saturated heterocycles. The lowest BCUT2D eigenvalue weighted by Gasteiger charge is -2.31. The molecule has 24 heavy (non-hydrogen) atoms. The zero-order chi connectivity index (χ0) is 16.2. The Bertz CT molecular complexity index is 571. The third kappa shape index (κ3) is 4.09. The molecule has 2 fully saturated rings. The van der Waals surface area contributed by atoms with Crippen LogP contribution in [0.15, 0.2) is 16.7 Å². The van der Waals surface area contributed by atoms with Crippen LogP contribution in [-0.2, 0) is 9.53 Å². The van der Waals surface area contributed by atoms with Gasteiger partial charge >= 0.3 is 0 Å². The molecular weight excluding hydrogens is 334 g/mol. The number of furan rings is 1. The summed E-state index contributed by atoms with van der Waals surface area (Å²) in [4.78, 5) is 28.5. The van der Waals surface area contributed by atoms with Crippen molar-refractivity contribution in [2.75, 3.05) is 45.9 Å². The summed E-state index contributed by atoms with van der Waals surface area (Å²) in [6.07, 6.45) is 2.35. The molecule has 0 spiro atoms. The summed E-state index contributed by atoms with van der Waals surface area (Å²) in [5.74, 6) is 0.267. The first-order valence-corrected chi connectivity index (χ1v) is 8.09. The minimum absolute atomic E-state index is 0. The predicted molar refractivity (Wildman–Crippen MR) is 90.4 cm³/mol. The summed E-state index contributed by atoms with van der Waals surface area (Å²) >= 11 is 0. The maximum atomic E-state index is 12.5. The number of rotatable bonds is 5. The van der Waals surface area contributed by atoms with E-state index in [1.165, 1.54) is 6.26 Å². The fraction of sp³-hybridized carbons (Fsp3) is 0.625. The van der Waals surface area contributed by atoms with Gasteiger partial charge in [-0.2, -0.15) is 0 Å². The number of carbonyl (C=O) groups is 2. The highest BCUT2D eigenvalue weighted by atomic mass is 35.5. The average molecular weight is 358 g/mol. The van der Waals surface area contributed by atoms with Crippen LogP contribution in [0.1, 0.15) is 22.5 Å². The van der Waals surface area contributed by atoms with Gasteiger partial charge < -0.3 is 19.4 Å². The van der Waals surface area contributed by atoms with Crippen molar-refractivity contribution in [3.8, 4) is 0 Å². The van der Waals surface area contributed by atoms with Crippen LogP contribution in [0, 0.1) is 6.92 Å². The van der Waals surface area contributed by atoms with Crippen LogP contribution in [-0.4, -0.2) is 73.6 Å². The summed E-state index contributed by atoms with van der Waals surface area (Å²) in [5.41, 5.74) is 0.812. The molecule has 7 nitrogen and oxygen atoms in total. The number of aryl methyl sites for hydroxylation is 1. The normalized spacial score (nSPS) is 21.6. The molecule has 1 unspecified atom stereocenters. The maximum absolute atomic E-state index is 12.5. The van der Waals surface area contributed by atoms with E-state index in [-0.39, 0.29) is 30.3 Å². The van der Waals surface area contributed by atoms with Crippen LogP contribution < -0.4 is 5.32 Å². The monoisotopic (exact) mass is 357 g/mol. The van der Waals surface area contributed by atoms with E-state index in [9.17, 15) is 9.59 Å².